The van der Waals surface area contributed by atoms with Crippen molar-refractivity contribution in [2.24, 2.45) is 5.92 Å². The smallest absolute Gasteiger partial charge is 0.273 e. The van der Waals surface area contributed by atoms with Crippen molar-refractivity contribution in [3.05, 3.63) is 47.5 Å². The summed E-state index contributed by atoms with van der Waals surface area (Å²) in [6.45, 7) is 3.14. The second-order valence-electron chi connectivity index (χ2n) is 6.19. The molecular formula is C17H23ClFN5O. The average molecular weight is 368 g/mol. The Labute approximate surface area is 152 Å². The van der Waals surface area contributed by atoms with E-state index < -0.39 is 0 Å². The van der Waals surface area contributed by atoms with E-state index in [0.29, 0.717) is 19.0 Å². The van der Waals surface area contributed by atoms with Crippen molar-refractivity contribution in [3.8, 4) is 0 Å². The molecule has 1 fully saturated rings. The van der Waals surface area contributed by atoms with Gasteiger partial charge in [-0.1, -0.05) is 17.3 Å². The zero-order valence-corrected chi connectivity index (χ0v) is 14.8. The predicted molar refractivity (Wildman–Crippen MR) is 95.3 cm³/mol. The highest BCUT2D eigenvalue weighted by molar-refractivity contribution is 5.91. The summed E-state index contributed by atoms with van der Waals surface area (Å²) in [5.74, 6) is 0.120. The number of piperidine rings is 1. The zero-order chi connectivity index (χ0) is 16.8. The molecule has 1 aliphatic rings. The molecule has 1 aromatic carbocycles. The maximum absolute atomic E-state index is 13.2. The highest BCUT2D eigenvalue weighted by Gasteiger charge is 2.14. The quantitative estimate of drug-likeness (QED) is 0.819. The van der Waals surface area contributed by atoms with Gasteiger partial charge in [-0.3, -0.25) is 4.79 Å². The van der Waals surface area contributed by atoms with Crippen LogP contribution in [0.15, 0.2) is 30.5 Å². The summed E-state index contributed by atoms with van der Waals surface area (Å²) in [6, 6.07) is 6.29. The molecule has 1 saturated heterocycles. The number of benzene rings is 1. The van der Waals surface area contributed by atoms with Crippen LogP contribution >= 0.6 is 12.4 Å². The Morgan fingerprint density at radius 2 is 2.32 bits per heavy atom. The number of halogens is 2. The Kier molecular flexibility index (Phi) is 7.33. The van der Waals surface area contributed by atoms with Crippen molar-refractivity contribution in [2.45, 2.75) is 25.8 Å². The standard InChI is InChI=1S/C17H22FN5O.ClH/c18-15-5-1-3-14(9-15)11-23-12-16(21-22-23)17(24)20-8-6-13-4-2-7-19-10-13;/h1,3,5,9,12-13,19H,2,4,6-8,10-11H2,(H,20,24);1H. The van der Waals surface area contributed by atoms with Crippen LogP contribution in [0.3, 0.4) is 0 Å². The van der Waals surface area contributed by atoms with E-state index >= 15 is 0 Å². The molecule has 0 radical (unpaired) electrons. The largest absolute Gasteiger partial charge is 0.351 e. The topological polar surface area (TPSA) is 71.8 Å². The van der Waals surface area contributed by atoms with E-state index in [4.69, 9.17) is 0 Å². The second kappa shape index (κ2) is 9.48. The van der Waals surface area contributed by atoms with E-state index in [9.17, 15) is 9.18 Å². The van der Waals surface area contributed by atoms with E-state index in [1.54, 1.807) is 12.3 Å². The lowest BCUT2D eigenvalue weighted by molar-refractivity contribution is 0.0945. The van der Waals surface area contributed by atoms with Crippen LogP contribution in [-0.4, -0.2) is 40.5 Å². The summed E-state index contributed by atoms with van der Waals surface area (Å²) < 4.78 is 14.7. The Morgan fingerprint density at radius 3 is 3.08 bits per heavy atom. The first-order valence-corrected chi connectivity index (χ1v) is 8.34. The van der Waals surface area contributed by atoms with E-state index in [0.717, 1.165) is 25.1 Å². The van der Waals surface area contributed by atoms with Crippen LogP contribution in [0.5, 0.6) is 0 Å². The molecule has 136 valence electrons. The molecule has 3 rings (SSSR count). The van der Waals surface area contributed by atoms with E-state index in [-0.39, 0.29) is 29.8 Å². The lowest BCUT2D eigenvalue weighted by Gasteiger charge is -2.22. The monoisotopic (exact) mass is 367 g/mol. The molecule has 0 saturated carbocycles. The van der Waals surface area contributed by atoms with E-state index in [1.807, 2.05) is 6.07 Å². The first-order valence-electron chi connectivity index (χ1n) is 8.34. The molecule has 1 atom stereocenters. The summed E-state index contributed by atoms with van der Waals surface area (Å²) in [5.41, 5.74) is 1.06. The molecule has 25 heavy (non-hydrogen) atoms. The normalized spacial score (nSPS) is 16.9. The number of carbonyl (C=O) groups excluding carboxylic acids is 1. The van der Waals surface area contributed by atoms with Gasteiger partial charge in [-0.05, 0) is 56.0 Å². The number of carbonyl (C=O) groups is 1. The maximum atomic E-state index is 13.2. The molecule has 0 spiro atoms. The molecule has 0 bridgehead atoms. The van der Waals surface area contributed by atoms with Gasteiger partial charge < -0.3 is 10.6 Å². The fraction of sp³-hybridized carbons (Fsp3) is 0.471. The highest BCUT2D eigenvalue weighted by Crippen LogP contribution is 2.13. The number of hydrogen-bond donors (Lipinski definition) is 2. The predicted octanol–water partition coefficient (Wildman–Crippen LogP) is 2.01. The third-order valence-electron chi connectivity index (χ3n) is 4.24. The summed E-state index contributed by atoms with van der Waals surface area (Å²) in [5, 5.41) is 14.1. The SMILES string of the molecule is Cl.O=C(NCCC1CCCNC1)c1cn(Cc2cccc(F)c2)nn1. The Hall–Kier alpha value is -1.99. The number of nitrogens with one attached hydrogen (secondary N) is 2. The van der Waals surface area contributed by atoms with Crippen molar-refractivity contribution < 1.29 is 9.18 Å². The fourth-order valence-corrected chi connectivity index (χ4v) is 2.95. The summed E-state index contributed by atoms with van der Waals surface area (Å²) >= 11 is 0. The van der Waals surface area contributed by atoms with Crippen LogP contribution < -0.4 is 10.6 Å². The molecular weight excluding hydrogens is 345 g/mol. The first-order chi connectivity index (χ1) is 11.7. The van der Waals surface area contributed by atoms with Crippen LogP contribution in [0, 0.1) is 11.7 Å². The molecule has 1 amide bonds. The zero-order valence-electron chi connectivity index (χ0n) is 13.9. The van der Waals surface area contributed by atoms with E-state index in [1.165, 1.54) is 29.7 Å². The van der Waals surface area contributed by atoms with Crippen molar-refractivity contribution in [1.82, 2.24) is 25.6 Å². The molecule has 8 heteroatoms. The van der Waals surface area contributed by atoms with Gasteiger partial charge in [0.25, 0.3) is 5.91 Å². The van der Waals surface area contributed by atoms with Gasteiger partial charge in [-0.25, -0.2) is 9.07 Å². The number of aromatic nitrogens is 3. The van der Waals surface area contributed by atoms with Gasteiger partial charge in [-0.15, -0.1) is 17.5 Å². The van der Waals surface area contributed by atoms with Crippen molar-refractivity contribution in [3.63, 3.8) is 0 Å². The third kappa shape index (κ3) is 5.79. The van der Waals surface area contributed by atoms with Gasteiger partial charge in [0, 0.05) is 6.54 Å². The second-order valence-corrected chi connectivity index (χ2v) is 6.19. The summed E-state index contributed by atoms with van der Waals surface area (Å²) in [4.78, 5) is 12.1. The number of rotatable bonds is 6. The number of hydrogen-bond acceptors (Lipinski definition) is 4. The lowest BCUT2D eigenvalue weighted by atomic mass is 9.96. The summed E-state index contributed by atoms with van der Waals surface area (Å²) in [7, 11) is 0. The highest BCUT2D eigenvalue weighted by atomic mass is 35.5. The van der Waals surface area contributed by atoms with Crippen LogP contribution in [0.2, 0.25) is 0 Å². The van der Waals surface area contributed by atoms with Crippen molar-refractivity contribution >= 4 is 18.3 Å². The molecule has 2 aromatic rings. The first kappa shape index (κ1) is 19.3. The van der Waals surface area contributed by atoms with Crippen LogP contribution in [-0.2, 0) is 6.54 Å². The summed E-state index contributed by atoms with van der Waals surface area (Å²) in [6.07, 6.45) is 4.97. The molecule has 0 aliphatic carbocycles. The Balaban J connectivity index is 0.00000225. The van der Waals surface area contributed by atoms with Crippen molar-refractivity contribution in [1.29, 1.82) is 0 Å². The number of nitrogens with zero attached hydrogens (tertiary/aromatic N) is 3. The van der Waals surface area contributed by atoms with Gasteiger partial charge in [0.15, 0.2) is 5.69 Å². The lowest BCUT2D eigenvalue weighted by Crippen LogP contribution is -2.33. The van der Waals surface area contributed by atoms with Crippen LogP contribution in [0.1, 0.15) is 35.3 Å². The molecule has 2 N–H and O–H groups in total. The maximum Gasteiger partial charge on any atom is 0.273 e. The number of amides is 1. The Morgan fingerprint density at radius 1 is 1.44 bits per heavy atom. The molecule has 6 nitrogen and oxygen atoms in total. The average Bonchev–Trinajstić information content (AvgIpc) is 3.04. The van der Waals surface area contributed by atoms with Gasteiger partial charge in [0.2, 0.25) is 0 Å². The minimum absolute atomic E-state index is 0. The molecule has 1 aromatic heterocycles. The molecule has 1 aliphatic heterocycles. The van der Waals surface area contributed by atoms with Gasteiger partial charge in [-0.2, -0.15) is 0 Å². The third-order valence-corrected chi connectivity index (χ3v) is 4.24. The van der Waals surface area contributed by atoms with E-state index in [2.05, 4.69) is 20.9 Å². The van der Waals surface area contributed by atoms with Crippen LogP contribution in [0.25, 0.3) is 0 Å². The van der Waals surface area contributed by atoms with Gasteiger partial charge in [0.1, 0.15) is 5.82 Å². The van der Waals surface area contributed by atoms with Gasteiger partial charge in [0.05, 0.1) is 12.7 Å². The van der Waals surface area contributed by atoms with Crippen molar-refractivity contribution in [2.75, 3.05) is 19.6 Å². The van der Waals surface area contributed by atoms with Crippen LogP contribution in [0.4, 0.5) is 4.39 Å². The van der Waals surface area contributed by atoms with Gasteiger partial charge >= 0.3 is 0 Å². The molecule has 2 heterocycles. The molecule has 1 unspecified atom stereocenters. The fourth-order valence-electron chi connectivity index (χ4n) is 2.95. The Bertz CT molecular complexity index is 687. The minimum Gasteiger partial charge on any atom is -0.351 e. The minimum atomic E-state index is -0.289.